The van der Waals surface area contributed by atoms with E-state index in [1.807, 2.05) is 6.92 Å². The van der Waals surface area contributed by atoms with Crippen molar-refractivity contribution in [3.63, 3.8) is 0 Å². The number of amides is 1. The Balaban J connectivity index is 2.32. The van der Waals surface area contributed by atoms with Crippen molar-refractivity contribution in [2.45, 2.75) is 32.2 Å². The number of halogens is 3. The molecule has 0 atom stereocenters. The average molecular weight is 318 g/mol. The molecule has 0 bridgehead atoms. The van der Waals surface area contributed by atoms with Gasteiger partial charge in [0.1, 0.15) is 17.2 Å². The Morgan fingerprint density at radius 2 is 1.94 bits per heavy atom. The fourth-order valence-electron chi connectivity index (χ4n) is 1.97. The van der Waals surface area contributed by atoms with Crippen LogP contribution in [0.2, 0.25) is 0 Å². The first-order valence-corrected chi connectivity index (χ1v) is 6.79. The number of carbonyl (C=O) groups is 1. The zero-order valence-electron chi connectivity index (χ0n) is 10.0. The molecule has 1 aliphatic carbocycles. The number of nitrogens with zero attached hydrogens (tertiary/aromatic N) is 1. The van der Waals surface area contributed by atoms with Crippen LogP contribution in [-0.2, 0) is 0 Å². The molecule has 0 unspecified atom stereocenters. The summed E-state index contributed by atoms with van der Waals surface area (Å²) in [7, 11) is 0. The normalized spacial score (nSPS) is 14.7. The summed E-state index contributed by atoms with van der Waals surface area (Å²) in [4.78, 5) is 13.8. The SMILES string of the molecule is CCCN(C(=O)c1c(F)cc(Br)cc1F)C1CC1. The lowest BCUT2D eigenvalue weighted by molar-refractivity contribution is 0.0733. The van der Waals surface area contributed by atoms with E-state index >= 15 is 0 Å². The third-order valence-corrected chi connectivity index (χ3v) is 3.39. The Morgan fingerprint density at radius 1 is 1.39 bits per heavy atom. The summed E-state index contributed by atoms with van der Waals surface area (Å²) in [6, 6.07) is 2.39. The second-order valence-corrected chi connectivity index (χ2v) is 5.39. The maximum absolute atomic E-state index is 13.7. The number of hydrogen-bond donors (Lipinski definition) is 0. The first-order chi connectivity index (χ1) is 8.54. The van der Waals surface area contributed by atoms with Crippen LogP contribution in [0.5, 0.6) is 0 Å². The van der Waals surface area contributed by atoms with Gasteiger partial charge in [-0.1, -0.05) is 22.9 Å². The van der Waals surface area contributed by atoms with Gasteiger partial charge in [0.05, 0.1) is 0 Å². The van der Waals surface area contributed by atoms with Gasteiger partial charge in [-0.05, 0) is 31.4 Å². The quantitative estimate of drug-likeness (QED) is 0.828. The van der Waals surface area contributed by atoms with E-state index in [0.29, 0.717) is 11.0 Å². The highest BCUT2D eigenvalue weighted by atomic mass is 79.9. The molecule has 1 aliphatic rings. The van der Waals surface area contributed by atoms with E-state index in [9.17, 15) is 13.6 Å². The van der Waals surface area contributed by atoms with Crippen LogP contribution in [0.3, 0.4) is 0 Å². The molecule has 0 N–H and O–H groups in total. The maximum Gasteiger partial charge on any atom is 0.260 e. The molecule has 1 saturated carbocycles. The minimum Gasteiger partial charge on any atom is -0.335 e. The van der Waals surface area contributed by atoms with Crippen molar-refractivity contribution < 1.29 is 13.6 Å². The molecule has 18 heavy (non-hydrogen) atoms. The minimum absolute atomic E-state index is 0.153. The smallest absolute Gasteiger partial charge is 0.260 e. The summed E-state index contributed by atoms with van der Waals surface area (Å²) < 4.78 is 27.8. The zero-order valence-corrected chi connectivity index (χ0v) is 11.6. The molecule has 0 aliphatic heterocycles. The Kier molecular flexibility index (Phi) is 4.00. The Labute approximate surface area is 113 Å². The van der Waals surface area contributed by atoms with Crippen molar-refractivity contribution in [3.8, 4) is 0 Å². The largest absolute Gasteiger partial charge is 0.335 e. The van der Waals surface area contributed by atoms with E-state index in [2.05, 4.69) is 15.9 Å². The van der Waals surface area contributed by atoms with Crippen molar-refractivity contribution in [1.82, 2.24) is 4.90 Å². The van der Waals surface area contributed by atoms with Gasteiger partial charge in [0.2, 0.25) is 0 Å². The third-order valence-electron chi connectivity index (χ3n) is 2.93. The van der Waals surface area contributed by atoms with E-state index in [0.717, 1.165) is 31.4 Å². The number of hydrogen-bond acceptors (Lipinski definition) is 1. The fraction of sp³-hybridized carbons (Fsp3) is 0.462. The van der Waals surface area contributed by atoms with Gasteiger partial charge in [-0.2, -0.15) is 0 Å². The standard InChI is InChI=1S/C13H14BrF2NO/c1-2-5-17(9-3-4-9)13(18)12-10(15)6-8(14)7-11(12)16/h6-7,9H,2-5H2,1H3. The summed E-state index contributed by atoms with van der Waals surface area (Å²) >= 11 is 3.00. The molecule has 1 aromatic rings. The summed E-state index contributed by atoms with van der Waals surface area (Å²) in [5.41, 5.74) is -0.446. The highest BCUT2D eigenvalue weighted by Gasteiger charge is 2.34. The lowest BCUT2D eigenvalue weighted by atomic mass is 10.1. The zero-order chi connectivity index (χ0) is 13.3. The molecule has 0 heterocycles. The van der Waals surface area contributed by atoms with Crippen LogP contribution in [0.15, 0.2) is 16.6 Å². The molecule has 0 radical (unpaired) electrons. The van der Waals surface area contributed by atoms with E-state index in [1.165, 1.54) is 0 Å². The molecule has 1 fully saturated rings. The van der Waals surface area contributed by atoms with Crippen LogP contribution >= 0.6 is 15.9 Å². The molecule has 5 heteroatoms. The highest BCUT2D eigenvalue weighted by Crippen LogP contribution is 2.30. The lowest BCUT2D eigenvalue weighted by Crippen LogP contribution is -2.35. The van der Waals surface area contributed by atoms with Crippen molar-refractivity contribution in [2.75, 3.05) is 6.54 Å². The van der Waals surface area contributed by atoms with Gasteiger partial charge >= 0.3 is 0 Å². The summed E-state index contributed by atoms with van der Waals surface area (Å²) in [5.74, 6) is -2.16. The van der Waals surface area contributed by atoms with Crippen LogP contribution in [0.1, 0.15) is 36.5 Å². The van der Waals surface area contributed by atoms with Crippen LogP contribution in [0.4, 0.5) is 8.78 Å². The third kappa shape index (κ3) is 2.71. The van der Waals surface area contributed by atoms with Crippen molar-refractivity contribution >= 4 is 21.8 Å². The number of carbonyl (C=O) groups excluding carboxylic acids is 1. The molecule has 0 saturated heterocycles. The van der Waals surface area contributed by atoms with E-state index in [1.54, 1.807) is 4.90 Å². The predicted molar refractivity (Wildman–Crippen MR) is 68.4 cm³/mol. The Hall–Kier alpha value is -0.970. The van der Waals surface area contributed by atoms with Crippen LogP contribution in [-0.4, -0.2) is 23.4 Å². The van der Waals surface area contributed by atoms with Gasteiger partial charge in [-0.25, -0.2) is 8.78 Å². The van der Waals surface area contributed by atoms with E-state index < -0.39 is 23.1 Å². The van der Waals surface area contributed by atoms with Gasteiger partial charge in [-0.3, -0.25) is 4.79 Å². The molecular weight excluding hydrogens is 304 g/mol. The van der Waals surface area contributed by atoms with Crippen LogP contribution < -0.4 is 0 Å². The predicted octanol–water partition coefficient (Wildman–Crippen LogP) is 3.74. The van der Waals surface area contributed by atoms with Crippen LogP contribution in [0, 0.1) is 11.6 Å². The molecule has 0 aromatic heterocycles. The van der Waals surface area contributed by atoms with Gasteiger partial charge in [0.15, 0.2) is 0 Å². The van der Waals surface area contributed by atoms with Gasteiger partial charge in [0.25, 0.3) is 5.91 Å². The number of rotatable bonds is 4. The summed E-state index contributed by atoms with van der Waals surface area (Å²) in [6.45, 7) is 2.48. The van der Waals surface area contributed by atoms with Gasteiger partial charge in [0, 0.05) is 17.1 Å². The highest BCUT2D eigenvalue weighted by molar-refractivity contribution is 9.10. The second-order valence-electron chi connectivity index (χ2n) is 4.47. The maximum atomic E-state index is 13.7. The summed E-state index contributed by atoms with van der Waals surface area (Å²) in [5, 5.41) is 0. The molecular formula is C13H14BrF2NO. The molecule has 1 aromatic carbocycles. The van der Waals surface area contributed by atoms with Crippen molar-refractivity contribution in [1.29, 1.82) is 0 Å². The van der Waals surface area contributed by atoms with E-state index in [4.69, 9.17) is 0 Å². The molecule has 2 rings (SSSR count). The molecule has 0 spiro atoms. The topological polar surface area (TPSA) is 20.3 Å². The molecule has 98 valence electrons. The number of benzene rings is 1. The van der Waals surface area contributed by atoms with Gasteiger partial charge < -0.3 is 4.90 Å². The lowest BCUT2D eigenvalue weighted by Gasteiger charge is -2.22. The van der Waals surface area contributed by atoms with Crippen molar-refractivity contribution in [2.24, 2.45) is 0 Å². The van der Waals surface area contributed by atoms with E-state index in [-0.39, 0.29) is 6.04 Å². The first kappa shape index (κ1) is 13.5. The summed E-state index contributed by atoms with van der Waals surface area (Å²) in [6.07, 6.45) is 2.62. The van der Waals surface area contributed by atoms with Crippen molar-refractivity contribution in [3.05, 3.63) is 33.8 Å². The molecule has 2 nitrogen and oxygen atoms in total. The second kappa shape index (κ2) is 5.34. The Bertz CT molecular complexity index is 451. The fourth-order valence-corrected chi connectivity index (χ4v) is 2.37. The minimum atomic E-state index is -0.811. The van der Waals surface area contributed by atoms with Gasteiger partial charge in [-0.15, -0.1) is 0 Å². The average Bonchev–Trinajstić information content (AvgIpc) is 3.07. The van der Waals surface area contributed by atoms with Crippen LogP contribution in [0.25, 0.3) is 0 Å². The first-order valence-electron chi connectivity index (χ1n) is 6.00. The Morgan fingerprint density at radius 3 is 2.39 bits per heavy atom. The monoisotopic (exact) mass is 317 g/mol. The molecule has 1 amide bonds.